The Kier molecular flexibility index (Phi) is 5.39. The van der Waals surface area contributed by atoms with Crippen molar-refractivity contribution in [1.82, 2.24) is 25.1 Å². The minimum absolute atomic E-state index is 0.0110. The maximum Gasteiger partial charge on any atom is 0.246 e. The van der Waals surface area contributed by atoms with E-state index in [1.54, 1.807) is 23.3 Å². The largest absolute Gasteiger partial charge is 0.485 e. The first kappa shape index (κ1) is 17.1. The van der Waals surface area contributed by atoms with Crippen molar-refractivity contribution in [3.8, 4) is 5.75 Å². The van der Waals surface area contributed by atoms with Crippen LogP contribution in [0.1, 0.15) is 23.7 Å². The van der Waals surface area contributed by atoms with Crippen molar-refractivity contribution >= 4 is 17.2 Å². The van der Waals surface area contributed by atoms with Crippen LogP contribution in [-0.4, -0.2) is 38.1 Å². The number of para-hydroxylation sites is 1. The number of hydrogen-bond donors (Lipinski definition) is 0. The van der Waals surface area contributed by atoms with Crippen LogP contribution in [-0.2, 0) is 17.9 Å². The lowest BCUT2D eigenvalue weighted by atomic mass is 10.2. The van der Waals surface area contributed by atoms with Gasteiger partial charge in [0.1, 0.15) is 12.3 Å². The van der Waals surface area contributed by atoms with Crippen molar-refractivity contribution in [2.75, 3.05) is 7.05 Å². The number of aromatic nitrogens is 4. The summed E-state index contributed by atoms with van der Waals surface area (Å²) in [5.74, 6) is 1.10. The van der Waals surface area contributed by atoms with Gasteiger partial charge in [-0.25, -0.2) is 0 Å². The topological polar surface area (TPSA) is 73.1 Å². The number of carbonyl (C=O) groups is 1. The van der Waals surface area contributed by atoms with Gasteiger partial charge in [0.25, 0.3) is 0 Å². The van der Waals surface area contributed by atoms with Gasteiger partial charge in [-0.3, -0.25) is 4.79 Å². The van der Waals surface area contributed by atoms with Gasteiger partial charge < -0.3 is 9.64 Å². The van der Waals surface area contributed by atoms with Crippen molar-refractivity contribution in [3.05, 3.63) is 58.5 Å². The molecule has 0 saturated heterocycles. The first-order chi connectivity index (χ1) is 12.1. The zero-order chi connectivity index (χ0) is 17.6. The van der Waals surface area contributed by atoms with E-state index in [4.69, 9.17) is 4.74 Å². The number of hydrogen-bond acceptors (Lipinski definition) is 6. The van der Waals surface area contributed by atoms with Gasteiger partial charge in [0.15, 0.2) is 6.61 Å². The van der Waals surface area contributed by atoms with Crippen molar-refractivity contribution in [2.24, 2.45) is 0 Å². The van der Waals surface area contributed by atoms with Crippen LogP contribution in [0.2, 0.25) is 0 Å². The van der Waals surface area contributed by atoms with Gasteiger partial charge in [-0.05, 0) is 35.7 Å². The molecule has 2 aromatic heterocycles. The molecular formula is C17H19N5O2S. The highest BCUT2D eigenvalue weighted by molar-refractivity contribution is 7.10. The standard InChI is InChI=1S/C17H19N5O2S/c1-13(15-9-6-10-25-15)21(2)17(23)11-22-19-16(18-20-22)12-24-14-7-4-3-5-8-14/h3-10,13H,11-12H2,1-2H3/t13-/m1/s1. The van der Waals surface area contributed by atoms with Gasteiger partial charge in [0.05, 0.1) is 6.04 Å². The molecular weight excluding hydrogens is 338 g/mol. The monoisotopic (exact) mass is 357 g/mol. The molecule has 1 aromatic carbocycles. The highest BCUT2D eigenvalue weighted by Crippen LogP contribution is 2.23. The molecule has 25 heavy (non-hydrogen) atoms. The molecule has 0 bridgehead atoms. The second-order valence-corrected chi connectivity index (χ2v) is 6.51. The summed E-state index contributed by atoms with van der Waals surface area (Å²) in [4.78, 5) is 16.5. The number of ether oxygens (including phenoxy) is 1. The number of nitrogens with zero attached hydrogens (tertiary/aromatic N) is 5. The molecule has 0 unspecified atom stereocenters. The molecule has 2 heterocycles. The predicted octanol–water partition coefficient (Wildman–Crippen LogP) is 2.53. The third-order valence-electron chi connectivity index (χ3n) is 3.81. The van der Waals surface area contributed by atoms with Gasteiger partial charge in [-0.15, -0.1) is 21.5 Å². The second kappa shape index (κ2) is 7.89. The van der Waals surface area contributed by atoms with Crippen molar-refractivity contribution in [3.63, 3.8) is 0 Å². The molecule has 0 aliphatic rings. The van der Waals surface area contributed by atoms with E-state index in [1.807, 2.05) is 54.8 Å². The Morgan fingerprint density at radius 2 is 2.08 bits per heavy atom. The molecule has 0 fully saturated rings. The summed E-state index contributed by atoms with van der Waals surface area (Å²) in [5, 5.41) is 14.0. The van der Waals surface area contributed by atoms with Crippen LogP contribution in [0.25, 0.3) is 0 Å². The third kappa shape index (κ3) is 4.42. The van der Waals surface area contributed by atoms with Gasteiger partial charge in [-0.1, -0.05) is 24.3 Å². The van der Waals surface area contributed by atoms with Crippen LogP contribution in [0.4, 0.5) is 0 Å². The van der Waals surface area contributed by atoms with Crippen LogP contribution in [0.3, 0.4) is 0 Å². The summed E-state index contributed by atoms with van der Waals surface area (Å²) in [6.07, 6.45) is 0. The minimum atomic E-state index is -0.0752. The van der Waals surface area contributed by atoms with E-state index in [9.17, 15) is 4.79 Å². The van der Waals surface area contributed by atoms with Crippen LogP contribution >= 0.6 is 11.3 Å². The highest BCUT2D eigenvalue weighted by atomic mass is 32.1. The fourth-order valence-electron chi connectivity index (χ4n) is 2.23. The first-order valence-corrected chi connectivity index (χ1v) is 8.75. The van der Waals surface area contributed by atoms with E-state index >= 15 is 0 Å². The molecule has 0 N–H and O–H groups in total. The lowest BCUT2D eigenvalue weighted by molar-refractivity contribution is -0.132. The minimum Gasteiger partial charge on any atom is -0.485 e. The van der Waals surface area contributed by atoms with Gasteiger partial charge in [-0.2, -0.15) is 4.80 Å². The maximum absolute atomic E-state index is 12.4. The van der Waals surface area contributed by atoms with E-state index in [-0.39, 0.29) is 25.1 Å². The number of amides is 1. The van der Waals surface area contributed by atoms with E-state index in [0.717, 1.165) is 10.6 Å². The Morgan fingerprint density at radius 3 is 2.80 bits per heavy atom. The summed E-state index contributed by atoms with van der Waals surface area (Å²) >= 11 is 1.63. The molecule has 0 saturated carbocycles. The maximum atomic E-state index is 12.4. The van der Waals surface area contributed by atoms with Crippen LogP contribution < -0.4 is 4.74 Å². The summed E-state index contributed by atoms with van der Waals surface area (Å²) in [6.45, 7) is 2.25. The normalized spacial score (nSPS) is 11.9. The van der Waals surface area contributed by atoms with Crippen LogP contribution in [0, 0.1) is 0 Å². The molecule has 1 atom stereocenters. The van der Waals surface area contributed by atoms with Crippen molar-refractivity contribution in [2.45, 2.75) is 26.1 Å². The molecule has 1 amide bonds. The summed E-state index contributed by atoms with van der Waals surface area (Å²) in [7, 11) is 1.78. The number of benzene rings is 1. The zero-order valence-corrected chi connectivity index (χ0v) is 14.9. The molecule has 7 nitrogen and oxygen atoms in total. The van der Waals surface area contributed by atoms with Crippen molar-refractivity contribution in [1.29, 1.82) is 0 Å². The Labute approximate surface area is 149 Å². The predicted molar refractivity (Wildman–Crippen MR) is 94.1 cm³/mol. The van der Waals surface area contributed by atoms with Crippen LogP contribution in [0.5, 0.6) is 5.75 Å². The van der Waals surface area contributed by atoms with Gasteiger partial charge in [0.2, 0.25) is 11.7 Å². The molecule has 3 rings (SSSR count). The zero-order valence-electron chi connectivity index (χ0n) is 14.1. The van der Waals surface area contributed by atoms with E-state index in [0.29, 0.717) is 5.82 Å². The summed E-state index contributed by atoms with van der Waals surface area (Å²) in [5.41, 5.74) is 0. The fraction of sp³-hybridized carbons (Fsp3) is 0.294. The second-order valence-electron chi connectivity index (χ2n) is 5.53. The molecule has 130 valence electrons. The van der Waals surface area contributed by atoms with Gasteiger partial charge in [0, 0.05) is 11.9 Å². The summed E-state index contributed by atoms with van der Waals surface area (Å²) < 4.78 is 5.57. The van der Waals surface area contributed by atoms with E-state index in [1.165, 1.54) is 4.80 Å². The Hall–Kier alpha value is -2.74. The third-order valence-corrected chi connectivity index (χ3v) is 4.85. The average Bonchev–Trinajstić information content (AvgIpc) is 3.31. The smallest absolute Gasteiger partial charge is 0.246 e. The lowest BCUT2D eigenvalue weighted by Crippen LogP contribution is -2.32. The van der Waals surface area contributed by atoms with E-state index in [2.05, 4.69) is 15.4 Å². The molecule has 0 aliphatic heterocycles. The lowest BCUT2D eigenvalue weighted by Gasteiger charge is -2.23. The quantitative estimate of drug-likeness (QED) is 0.650. The Balaban J connectivity index is 1.54. The fourth-order valence-corrected chi connectivity index (χ4v) is 3.06. The number of carbonyl (C=O) groups excluding carboxylic acids is 1. The molecule has 0 aliphatic carbocycles. The Bertz CT molecular complexity index is 804. The highest BCUT2D eigenvalue weighted by Gasteiger charge is 2.19. The van der Waals surface area contributed by atoms with Gasteiger partial charge >= 0.3 is 0 Å². The first-order valence-electron chi connectivity index (χ1n) is 7.87. The van der Waals surface area contributed by atoms with Crippen molar-refractivity contribution < 1.29 is 9.53 Å². The SMILES string of the molecule is C[C@H](c1cccs1)N(C)C(=O)Cn1nnc(COc2ccccc2)n1. The van der Waals surface area contributed by atoms with E-state index < -0.39 is 0 Å². The summed E-state index contributed by atoms with van der Waals surface area (Å²) in [6, 6.07) is 13.4. The Morgan fingerprint density at radius 1 is 1.28 bits per heavy atom. The molecule has 8 heteroatoms. The van der Waals surface area contributed by atoms with Crippen LogP contribution in [0.15, 0.2) is 47.8 Å². The number of likely N-dealkylation sites (N-methyl/N-ethyl adjacent to an activating group) is 1. The molecule has 0 spiro atoms. The molecule has 3 aromatic rings. The number of thiophene rings is 1. The number of tetrazole rings is 1. The molecule has 0 radical (unpaired) electrons. The average molecular weight is 357 g/mol. The number of rotatable bonds is 7.